The number of aromatic nitrogens is 4. The van der Waals surface area contributed by atoms with Gasteiger partial charge in [0.05, 0.1) is 11.9 Å². The van der Waals surface area contributed by atoms with Gasteiger partial charge in [-0.3, -0.25) is 4.79 Å². The van der Waals surface area contributed by atoms with Gasteiger partial charge in [-0.2, -0.15) is 13.2 Å². The molecule has 3 rings (SSSR count). The molecular weight excluding hydrogens is 349 g/mol. The van der Waals surface area contributed by atoms with E-state index in [-0.39, 0.29) is 11.5 Å². The Morgan fingerprint density at radius 3 is 2.69 bits per heavy atom. The predicted octanol–water partition coefficient (Wildman–Crippen LogP) is 2.94. The van der Waals surface area contributed by atoms with Crippen molar-refractivity contribution in [3.63, 3.8) is 0 Å². The Hall–Kier alpha value is -3.17. The van der Waals surface area contributed by atoms with Crippen LogP contribution in [0, 0.1) is 6.92 Å². The van der Waals surface area contributed by atoms with Crippen LogP contribution in [-0.2, 0) is 11.0 Å². The molecular formula is C16H15F3N6O. The summed E-state index contributed by atoms with van der Waals surface area (Å²) in [4.78, 5) is 24.5. The van der Waals surface area contributed by atoms with E-state index in [4.69, 9.17) is 5.73 Å². The minimum atomic E-state index is -4.49. The number of carbonyl (C=O) groups is 1. The van der Waals surface area contributed by atoms with Gasteiger partial charge in [0, 0.05) is 5.69 Å². The average Bonchev–Trinajstić information content (AvgIpc) is 3.00. The van der Waals surface area contributed by atoms with Crippen LogP contribution in [0.5, 0.6) is 0 Å². The maximum atomic E-state index is 12.9. The van der Waals surface area contributed by atoms with Crippen LogP contribution in [-0.4, -0.2) is 25.4 Å². The lowest BCUT2D eigenvalue weighted by Crippen LogP contribution is -2.24. The number of nitrogens with two attached hydrogens (primary N) is 1. The number of rotatable bonds is 3. The number of alkyl halides is 3. The summed E-state index contributed by atoms with van der Waals surface area (Å²) in [5.74, 6) is -0.334. The number of carbonyl (C=O) groups excluding carboxylic acids is 1. The summed E-state index contributed by atoms with van der Waals surface area (Å²) in [7, 11) is 0. The summed E-state index contributed by atoms with van der Waals surface area (Å²) in [6.07, 6.45) is -1.86. The van der Waals surface area contributed by atoms with Gasteiger partial charge in [0.2, 0.25) is 5.91 Å². The highest BCUT2D eigenvalue weighted by Crippen LogP contribution is 2.32. The van der Waals surface area contributed by atoms with Crippen molar-refractivity contribution in [2.24, 2.45) is 0 Å². The Morgan fingerprint density at radius 2 is 2.00 bits per heavy atom. The molecule has 0 saturated heterocycles. The summed E-state index contributed by atoms with van der Waals surface area (Å²) in [6, 6.07) is 2.41. The first kappa shape index (κ1) is 17.6. The van der Waals surface area contributed by atoms with E-state index >= 15 is 0 Å². The van der Waals surface area contributed by atoms with Crippen LogP contribution in [0.3, 0.4) is 0 Å². The molecule has 0 spiro atoms. The van der Waals surface area contributed by atoms with Crippen LogP contribution in [0.2, 0.25) is 0 Å². The fourth-order valence-electron chi connectivity index (χ4n) is 2.45. The first-order valence-corrected chi connectivity index (χ1v) is 7.60. The SMILES string of the molecule is Cc1ccc(C(F)(F)F)cc1NC(=O)C(C)n1cnc2c(N)ncnc21. The Labute approximate surface area is 146 Å². The minimum absolute atomic E-state index is 0.0928. The lowest BCUT2D eigenvalue weighted by atomic mass is 10.1. The lowest BCUT2D eigenvalue weighted by molar-refractivity contribution is -0.137. The largest absolute Gasteiger partial charge is 0.416 e. The average molecular weight is 364 g/mol. The molecule has 2 heterocycles. The van der Waals surface area contributed by atoms with Gasteiger partial charge in [0.15, 0.2) is 11.5 Å². The van der Waals surface area contributed by atoms with Gasteiger partial charge >= 0.3 is 6.18 Å². The zero-order valence-corrected chi connectivity index (χ0v) is 13.9. The first-order valence-electron chi connectivity index (χ1n) is 7.60. The number of hydrogen-bond donors (Lipinski definition) is 2. The molecule has 3 aromatic rings. The molecule has 1 unspecified atom stereocenters. The van der Waals surface area contributed by atoms with Gasteiger partial charge in [0.1, 0.15) is 17.9 Å². The highest BCUT2D eigenvalue weighted by Gasteiger charge is 2.31. The zero-order chi connectivity index (χ0) is 19.1. The van der Waals surface area contributed by atoms with E-state index < -0.39 is 23.7 Å². The van der Waals surface area contributed by atoms with Crippen LogP contribution in [0.4, 0.5) is 24.7 Å². The highest BCUT2D eigenvalue weighted by molar-refractivity contribution is 5.95. The van der Waals surface area contributed by atoms with Crippen LogP contribution in [0.15, 0.2) is 30.9 Å². The molecule has 136 valence electrons. The van der Waals surface area contributed by atoms with E-state index in [2.05, 4.69) is 20.3 Å². The number of aryl methyl sites for hydroxylation is 1. The summed E-state index contributed by atoms with van der Waals surface area (Å²) < 4.78 is 40.1. The molecule has 26 heavy (non-hydrogen) atoms. The molecule has 7 nitrogen and oxygen atoms in total. The molecule has 0 radical (unpaired) electrons. The fraction of sp³-hybridized carbons (Fsp3) is 0.250. The number of amides is 1. The molecule has 10 heteroatoms. The third kappa shape index (κ3) is 3.17. The smallest absolute Gasteiger partial charge is 0.382 e. The fourth-order valence-corrected chi connectivity index (χ4v) is 2.45. The van der Waals surface area contributed by atoms with Gasteiger partial charge in [-0.1, -0.05) is 6.07 Å². The van der Waals surface area contributed by atoms with Gasteiger partial charge in [-0.15, -0.1) is 0 Å². The Balaban J connectivity index is 1.89. The number of nitrogens with zero attached hydrogens (tertiary/aromatic N) is 4. The monoisotopic (exact) mass is 364 g/mol. The number of halogens is 3. The van der Waals surface area contributed by atoms with Crippen molar-refractivity contribution in [2.75, 3.05) is 11.1 Å². The van der Waals surface area contributed by atoms with Gasteiger partial charge in [-0.25, -0.2) is 15.0 Å². The molecule has 0 saturated carbocycles. The van der Waals surface area contributed by atoms with Crippen LogP contribution >= 0.6 is 0 Å². The Morgan fingerprint density at radius 1 is 1.27 bits per heavy atom. The summed E-state index contributed by atoms with van der Waals surface area (Å²) >= 11 is 0. The molecule has 0 aliphatic heterocycles. The molecule has 3 N–H and O–H groups in total. The number of nitrogen functional groups attached to an aromatic ring is 1. The second-order valence-electron chi connectivity index (χ2n) is 5.78. The second kappa shape index (κ2) is 6.28. The quantitative estimate of drug-likeness (QED) is 0.744. The van der Waals surface area contributed by atoms with E-state index in [1.807, 2.05) is 0 Å². The topological polar surface area (TPSA) is 98.7 Å². The summed E-state index contributed by atoms with van der Waals surface area (Å²) in [6.45, 7) is 3.19. The number of hydrogen-bond acceptors (Lipinski definition) is 5. The van der Waals surface area contributed by atoms with Crippen molar-refractivity contribution in [2.45, 2.75) is 26.1 Å². The van der Waals surface area contributed by atoms with E-state index in [0.717, 1.165) is 12.1 Å². The molecule has 0 bridgehead atoms. The third-order valence-electron chi connectivity index (χ3n) is 4.01. The third-order valence-corrected chi connectivity index (χ3v) is 4.01. The molecule has 0 aliphatic rings. The van der Waals surface area contributed by atoms with Crippen molar-refractivity contribution in [3.8, 4) is 0 Å². The number of nitrogens with one attached hydrogen (secondary N) is 1. The molecule has 0 aliphatic carbocycles. The van der Waals surface area contributed by atoms with E-state index in [1.54, 1.807) is 13.8 Å². The zero-order valence-electron chi connectivity index (χ0n) is 13.9. The van der Waals surface area contributed by atoms with Crippen molar-refractivity contribution in [1.82, 2.24) is 19.5 Å². The molecule has 1 amide bonds. The number of benzene rings is 1. The van der Waals surface area contributed by atoms with Crippen LogP contribution in [0.25, 0.3) is 11.2 Å². The van der Waals surface area contributed by atoms with Crippen molar-refractivity contribution in [1.29, 1.82) is 0 Å². The Bertz CT molecular complexity index is 982. The van der Waals surface area contributed by atoms with E-state index in [0.29, 0.717) is 16.7 Å². The highest BCUT2D eigenvalue weighted by atomic mass is 19.4. The number of imidazole rings is 1. The maximum absolute atomic E-state index is 12.9. The van der Waals surface area contributed by atoms with Crippen molar-refractivity contribution in [3.05, 3.63) is 42.0 Å². The standard InChI is InChI=1S/C16H15F3N6O/c1-8-3-4-10(16(17,18)19)5-11(8)24-15(26)9(2)25-7-23-12-13(20)21-6-22-14(12)25/h3-7,9H,1-2H3,(H,24,26)(H2,20,21,22). The van der Waals surface area contributed by atoms with E-state index in [9.17, 15) is 18.0 Å². The van der Waals surface area contributed by atoms with E-state index in [1.165, 1.54) is 23.3 Å². The second-order valence-corrected chi connectivity index (χ2v) is 5.78. The minimum Gasteiger partial charge on any atom is -0.382 e. The molecule has 1 atom stereocenters. The number of fused-ring (bicyclic) bond motifs is 1. The normalized spacial score (nSPS) is 13.0. The van der Waals surface area contributed by atoms with Gasteiger partial charge < -0.3 is 15.6 Å². The molecule has 1 aromatic carbocycles. The first-order chi connectivity index (χ1) is 12.2. The van der Waals surface area contributed by atoms with Crippen molar-refractivity contribution >= 4 is 28.6 Å². The lowest BCUT2D eigenvalue weighted by Gasteiger charge is -2.16. The van der Waals surface area contributed by atoms with Gasteiger partial charge in [-0.05, 0) is 31.5 Å². The predicted molar refractivity (Wildman–Crippen MR) is 89.3 cm³/mol. The summed E-state index contributed by atoms with van der Waals surface area (Å²) in [5.41, 5.74) is 6.20. The number of anilines is 2. The molecule has 2 aromatic heterocycles. The van der Waals surface area contributed by atoms with Crippen LogP contribution < -0.4 is 11.1 Å². The van der Waals surface area contributed by atoms with Crippen LogP contribution in [0.1, 0.15) is 24.1 Å². The van der Waals surface area contributed by atoms with Crippen molar-refractivity contribution < 1.29 is 18.0 Å². The summed E-state index contributed by atoms with van der Waals surface area (Å²) in [5, 5.41) is 2.53. The Kier molecular flexibility index (Phi) is 4.26. The molecule has 0 fully saturated rings. The maximum Gasteiger partial charge on any atom is 0.416 e. The van der Waals surface area contributed by atoms with Gasteiger partial charge in [0.25, 0.3) is 0 Å².